The van der Waals surface area contributed by atoms with Gasteiger partial charge in [-0.1, -0.05) is 44.2 Å². The highest BCUT2D eigenvalue weighted by atomic mass is 16.5. The Labute approximate surface area is 154 Å². The van der Waals surface area contributed by atoms with Crippen molar-refractivity contribution >= 4 is 17.6 Å². The van der Waals surface area contributed by atoms with Crippen molar-refractivity contribution in [3.8, 4) is 0 Å². The molecule has 26 heavy (non-hydrogen) atoms. The van der Waals surface area contributed by atoms with E-state index in [9.17, 15) is 9.59 Å². The molecule has 0 aliphatic carbocycles. The van der Waals surface area contributed by atoms with Crippen LogP contribution in [-0.4, -0.2) is 25.0 Å². The number of benzene rings is 2. The predicted molar refractivity (Wildman–Crippen MR) is 103 cm³/mol. The van der Waals surface area contributed by atoms with Gasteiger partial charge in [0.05, 0.1) is 5.56 Å². The summed E-state index contributed by atoms with van der Waals surface area (Å²) >= 11 is 0. The summed E-state index contributed by atoms with van der Waals surface area (Å²) < 4.78 is 5.02. The van der Waals surface area contributed by atoms with Gasteiger partial charge in [-0.15, -0.1) is 0 Å². The Morgan fingerprint density at radius 3 is 2.42 bits per heavy atom. The molecule has 0 saturated heterocycles. The highest BCUT2D eigenvalue weighted by Gasteiger charge is 2.11. The SMILES string of the molecule is Cc1ccc(C(=O)OCC(=O)NCCc2ccc(C(C)C)cc2)cc1N. The molecule has 3 N–H and O–H groups in total. The van der Waals surface area contributed by atoms with Gasteiger partial charge in [0.1, 0.15) is 0 Å². The van der Waals surface area contributed by atoms with E-state index in [0.717, 1.165) is 17.5 Å². The number of anilines is 1. The average molecular weight is 354 g/mol. The van der Waals surface area contributed by atoms with Gasteiger partial charge in [0.2, 0.25) is 0 Å². The molecule has 2 aromatic carbocycles. The van der Waals surface area contributed by atoms with Gasteiger partial charge in [0.25, 0.3) is 5.91 Å². The van der Waals surface area contributed by atoms with Gasteiger partial charge in [-0.3, -0.25) is 4.79 Å². The first kappa shape index (κ1) is 19.5. The monoisotopic (exact) mass is 354 g/mol. The van der Waals surface area contributed by atoms with E-state index in [1.165, 1.54) is 5.56 Å². The van der Waals surface area contributed by atoms with Gasteiger partial charge in [0.15, 0.2) is 6.61 Å². The molecule has 138 valence electrons. The van der Waals surface area contributed by atoms with Crippen LogP contribution >= 0.6 is 0 Å². The molecule has 5 nitrogen and oxygen atoms in total. The number of hydrogen-bond acceptors (Lipinski definition) is 4. The van der Waals surface area contributed by atoms with E-state index in [1.807, 2.05) is 6.92 Å². The van der Waals surface area contributed by atoms with E-state index >= 15 is 0 Å². The predicted octanol–water partition coefficient (Wildman–Crippen LogP) is 3.22. The van der Waals surface area contributed by atoms with E-state index in [2.05, 4.69) is 43.4 Å². The molecule has 0 aromatic heterocycles. The van der Waals surface area contributed by atoms with Crippen LogP contribution in [0.5, 0.6) is 0 Å². The maximum Gasteiger partial charge on any atom is 0.338 e. The number of esters is 1. The molecular formula is C21H26N2O3. The normalized spacial score (nSPS) is 10.6. The molecule has 0 atom stereocenters. The molecule has 2 rings (SSSR count). The summed E-state index contributed by atoms with van der Waals surface area (Å²) in [5.74, 6) is -0.379. The van der Waals surface area contributed by atoms with E-state index in [-0.39, 0.29) is 12.5 Å². The van der Waals surface area contributed by atoms with Gasteiger partial charge in [-0.05, 0) is 48.1 Å². The lowest BCUT2D eigenvalue weighted by molar-refractivity contribution is -0.124. The Kier molecular flexibility index (Phi) is 6.78. The maximum absolute atomic E-state index is 11.9. The van der Waals surface area contributed by atoms with Crippen LogP contribution in [0.25, 0.3) is 0 Å². The molecule has 0 heterocycles. The maximum atomic E-state index is 11.9. The van der Waals surface area contributed by atoms with Crippen molar-refractivity contribution in [2.24, 2.45) is 0 Å². The number of amides is 1. The topological polar surface area (TPSA) is 81.4 Å². The zero-order valence-corrected chi connectivity index (χ0v) is 15.5. The van der Waals surface area contributed by atoms with Crippen molar-refractivity contribution in [1.82, 2.24) is 5.32 Å². The lowest BCUT2D eigenvalue weighted by atomic mass is 10.0. The Hall–Kier alpha value is -2.82. The Morgan fingerprint density at radius 2 is 1.81 bits per heavy atom. The Balaban J connectivity index is 1.73. The third-order valence-corrected chi connectivity index (χ3v) is 4.23. The lowest BCUT2D eigenvalue weighted by Gasteiger charge is -2.09. The molecular weight excluding hydrogens is 328 g/mol. The van der Waals surface area contributed by atoms with Gasteiger partial charge >= 0.3 is 5.97 Å². The smallest absolute Gasteiger partial charge is 0.338 e. The third kappa shape index (κ3) is 5.62. The van der Waals surface area contributed by atoms with Crippen LogP contribution < -0.4 is 11.1 Å². The van der Waals surface area contributed by atoms with Crippen LogP contribution in [0.4, 0.5) is 5.69 Å². The number of nitrogens with one attached hydrogen (secondary N) is 1. The molecule has 0 unspecified atom stereocenters. The Morgan fingerprint density at radius 1 is 1.12 bits per heavy atom. The van der Waals surface area contributed by atoms with Gasteiger partial charge < -0.3 is 15.8 Å². The first-order valence-electron chi connectivity index (χ1n) is 8.75. The summed E-state index contributed by atoms with van der Waals surface area (Å²) in [5.41, 5.74) is 9.97. The molecule has 1 amide bonds. The summed E-state index contributed by atoms with van der Waals surface area (Å²) in [6.45, 7) is 6.35. The number of nitrogen functional groups attached to an aromatic ring is 1. The number of nitrogens with two attached hydrogens (primary N) is 1. The minimum absolute atomic E-state index is 0.307. The Bertz CT molecular complexity index is 767. The van der Waals surface area contributed by atoms with Crippen LogP contribution in [0, 0.1) is 6.92 Å². The fraction of sp³-hybridized carbons (Fsp3) is 0.333. The summed E-state index contributed by atoms with van der Waals surface area (Å²) in [7, 11) is 0. The van der Waals surface area contributed by atoms with Gasteiger partial charge in [-0.25, -0.2) is 4.79 Å². The molecule has 0 fully saturated rings. The summed E-state index contributed by atoms with van der Waals surface area (Å²) in [6, 6.07) is 13.3. The van der Waals surface area contributed by atoms with E-state index in [0.29, 0.717) is 23.7 Å². The van der Waals surface area contributed by atoms with Gasteiger partial charge in [-0.2, -0.15) is 0 Å². The average Bonchev–Trinajstić information content (AvgIpc) is 2.62. The molecule has 0 saturated carbocycles. The number of carbonyl (C=O) groups excluding carboxylic acids is 2. The van der Waals surface area contributed by atoms with Crippen molar-refractivity contribution in [2.45, 2.75) is 33.1 Å². The molecule has 2 aromatic rings. The minimum atomic E-state index is -0.559. The molecule has 0 aliphatic rings. The number of hydrogen-bond donors (Lipinski definition) is 2. The number of rotatable bonds is 7. The molecule has 5 heteroatoms. The standard InChI is InChI=1S/C21H26N2O3/c1-14(2)17-8-5-16(6-9-17)10-11-23-20(24)13-26-21(25)18-7-4-15(3)19(22)12-18/h4-9,12,14H,10-11,13,22H2,1-3H3,(H,23,24). The number of aryl methyl sites for hydroxylation is 1. The molecule has 0 bridgehead atoms. The van der Waals surface area contributed by atoms with Crippen LogP contribution in [0.1, 0.15) is 46.8 Å². The number of ether oxygens (including phenoxy) is 1. The summed E-state index contributed by atoms with van der Waals surface area (Å²) in [4.78, 5) is 23.8. The van der Waals surface area contributed by atoms with Crippen LogP contribution in [0.3, 0.4) is 0 Å². The summed E-state index contributed by atoms with van der Waals surface area (Å²) in [5, 5.41) is 2.75. The van der Waals surface area contributed by atoms with Crippen molar-refractivity contribution in [3.63, 3.8) is 0 Å². The quantitative estimate of drug-likeness (QED) is 0.591. The van der Waals surface area contributed by atoms with Crippen molar-refractivity contribution in [2.75, 3.05) is 18.9 Å². The lowest BCUT2D eigenvalue weighted by Crippen LogP contribution is -2.30. The van der Waals surface area contributed by atoms with Crippen LogP contribution in [-0.2, 0) is 16.0 Å². The van der Waals surface area contributed by atoms with Crippen LogP contribution in [0.15, 0.2) is 42.5 Å². The second-order valence-corrected chi connectivity index (χ2v) is 6.64. The fourth-order valence-electron chi connectivity index (χ4n) is 2.45. The molecule has 0 radical (unpaired) electrons. The van der Waals surface area contributed by atoms with E-state index in [4.69, 9.17) is 10.5 Å². The minimum Gasteiger partial charge on any atom is -0.452 e. The van der Waals surface area contributed by atoms with Crippen LogP contribution in [0.2, 0.25) is 0 Å². The first-order chi connectivity index (χ1) is 12.4. The van der Waals surface area contributed by atoms with Gasteiger partial charge in [0, 0.05) is 12.2 Å². The highest BCUT2D eigenvalue weighted by Crippen LogP contribution is 2.15. The van der Waals surface area contributed by atoms with E-state index < -0.39 is 5.97 Å². The fourth-order valence-corrected chi connectivity index (χ4v) is 2.45. The second kappa shape index (κ2) is 9.04. The third-order valence-electron chi connectivity index (χ3n) is 4.23. The van der Waals surface area contributed by atoms with Crippen molar-refractivity contribution < 1.29 is 14.3 Å². The van der Waals surface area contributed by atoms with Crippen molar-refractivity contribution in [1.29, 1.82) is 0 Å². The molecule has 0 aliphatic heterocycles. The molecule has 0 spiro atoms. The second-order valence-electron chi connectivity index (χ2n) is 6.64. The largest absolute Gasteiger partial charge is 0.452 e. The van der Waals surface area contributed by atoms with Crippen molar-refractivity contribution in [3.05, 3.63) is 64.7 Å². The zero-order valence-electron chi connectivity index (χ0n) is 15.5. The highest BCUT2D eigenvalue weighted by molar-refractivity contribution is 5.92. The summed E-state index contributed by atoms with van der Waals surface area (Å²) in [6.07, 6.45) is 0.729. The van der Waals surface area contributed by atoms with E-state index in [1.54, 1.807) is 18.2 Å². The first-order valence-corrected chi connectivity index (χ1v) is 8.75. The zero-order chi connectivity index (χ0) is 19.1. The number of carbonyl (C=O) groups is 2.